The van der Waals surface area contributed by atoms with Crippen LogP contribution in [0.5, 0.6) is 0 Å². The molecule has 1 amide bonds. The Bertz CT molecular complexity index is 522. The van der Waals surface area contributed by atoms with Gasteiger partial charge in [-0.25, -0.2) is 4.79 Å². The van der Waals surface area contributed by atoms with Gasteiger partial charge in [0.05, 0.1) is 0 Å². The van der Waals surface area contributed by atoms with Crippen molar-refractivity contribution < 1.29 is 9.53 Å². The van der Waals surface area contributed by atoms with Crippen molar-refractivity contribution in [1.29, 1.82) is 0 Å². The topological polar surface area (TPSA) is 54.5 Å². The van der Waals surface area contributed by atoms with Gasteiger partial charge in [-0.1, -0.05) is 6.07 Å². The van der Waals surface area contributed by atoms with Gasteiger partial charge in [-0.3, -0.25) is 4.98 Å². The molecule has 1 unspecified atom stereocenters. The molecule has 1 aliphatic heterocycles. The van der Waals surface area contributed by atoms with Gasteiger partial charge in [0.2, 0.25) is 0 Å². The van der Waals surface area contributed by atoms with Crippen LogP contribution in [0.15, 0.2) is 18.3 Å². The number of aromatic nitrogens is 1. The molecule has 1 saturated heterocycles. The lowest BCUT2D eigenvalue weighted by Crippen LogP contribution is -2.38. The van der Waals surface area contributed by atoms with Crippen LogP contribution in [0.2, 0.25) is 0 Å². The maximum atomic E-state index is 12.2. The molecule has 134 valence electrons. The van der Waals surface area contributed by atoms with Crippen molar-refractivity contribution in [3.63, 3.8) is 0 Å². The number of ether oxygens (including phenoxy) is 1. The van der Waals surface area contributed by atoms with E-state index in [0.29, 0.717) is 6.04 Å². The minimum Gasteiger partial charge on any atom is -0.444 e. The molecule has 2 heterocycles. The molecule has 1 aromatic heterocycles. The fraction of sp³-hybridized carbons (Fsp3) is 0.684. The van der Waals surface area contributed by atoms with E-state index in [9.17, 15) is 4.79 Å². The van der Waals surface area contributed by atoms with Gasteiger partial charge in [0.1, 0.15) is 5.60 Å². The number of carbonyl (C=O) groups excluding carboxylic acids is 1. The van der Waals surface area contributed by atoms with E-state index in [1.807, 2.05) is 38.8 Å². The smallest absolute Gasteiger partial charge is 0.410 e. The molecule has 0 aromatic carbocycles. The highest BCUT2D eigenvalue weighted by molar-refractivity contribution is 5.68. The number of carbonyl (C=O) groups is 1. The Morgan fingerprint density at radius 1 is 1.33 bits per heavy atom. The van der Waals surface area contributed by atoms with E-state index in [1.165, 1.54) is 5.56 Å². The van der Waals surface area contributed by atoms with Crippen molar-refractivity contribution in [2.75, 3.05) is 19.6 Å². The molecule has 0 saturated carbocycles. The first-order valence-electron chi connectivity index (χ1n) is 8.96. The summed E-state index contributed by atoms with van der Waals surface area (Å²) in [6, 6.07) is 4.66. The van der Waals surface area contributed by atoms with Gasteiger partial charge < -0.3 is 15.0 Å². The number of aryl methyl sites for hydroxylation is 1. The predicted molar refractivity (Wildman–Crippen MR) is 96.1 cm³/mol. The van der Waals surface area contributed by atoms with Gasteiger partial charge in [0.25, 0.3) is 0 Å². The zero-order valence-electron chi connectivity index (χ0n) is 15.5. The average Bonchev–Trinajstić information content (AvgIpc) is 2.73. The highest BCUT2D eigenvalue weighted by atomic mass is 16.6. The molecule has 1 fully saturated rings. The van der Waals surface area contributed by atoms with Crippen LogP contribution in [-0.2, 0) is 11.2 Å². The summed E-state index contributed by atoms with van der Waals surface area (Å²) in [5.74, 6) is 0. The largest absolute Gasteiger partial charge is 0.444 e. The molecule has 24 heavy (non-hydrogen) atoms. The number of nitrogens with one attached hydrogen (secondary N) is 1. The Balaban J connectivity index is 1.72. The Morgan fingerprint density at radius 2 is 2.12 bits per heavy atom. The second-order valence-corrected chi connectivity index (χ2v) is 7.61. The number of rotatable bonds is 4. The molecule has 0 aliphatic carbocycles. The van der Waals surface area contributed by atoms with Gasteiger partial charge in [-0.05, 0) is 71.6 Å². The van der Waals surface area contributed by atoms with Crippen molar-refractivity contribution in [3.8, 4) is 0 Å². The van der Waals surface area contributed by atoms with E-state index < -0.39 is 5.60 Å². The lowest BCUT2D eigenvalue weighted by atomic mass is 10.1. The minimum absolute atomic E-state index is 0.186. The van der Waals surface area contributed by atoms with Gasteiger partial charge >= 0.3 is 6.09 Å². The lowest BCUT2D eigenvalue weighted by Gasteiger charge is -2.26. The van der Waals surface area contributed by atoms with Crippen LogP contribution < -0.4 is 5.32 Å². The Morgan fingerprint density at radius 3 is 2.79 bits per heavy atom. The molecule has 5 nitrogen and oxygen atoms in total. The summed E-state index contributed by atoms with van der Waals surface area (Å²) in [5.41, 5.74) is 1.89. The maximum Gasteiger partial charge on any atom is 0.410 e. The maximum absolute atomic E-state index is 12.2. The highest BCUT2D eigenvalue weighted by Crippen LogP contribution is 2.15. The quantitative estimate of drug-likeness (QED) is 0.918. The minimum atomic E-state index is -0.427. The van der Waals surface area contributed by atoms with Gasteiger partial charge in [-0.15, -0.1) is 0 Å². The van der Waals surface area contributed by atoms with Crippen molar-refractivity contribution in [2.24, 2.45) is 0 Å². The van der Waals surface area contributed by atoms with Gasteiger partial charge in [0, 0.05) is 31.0 Å². The van der Waals surface area contributed by atoms with Crippen molar-refractivity contribution >= 4 is 6.09 Å². The third-order valence-electron chi connectivity index (χ3n) is 4.20. The molecule has 0 bridgehead atoms. The molecule has 1 N–H and O–H groups in total. The molecule has 2 rings (SSSR count). The summed E-state index contributed by atoms with van der Waals surface area (Å²) >= 11 is 0. The zero-order chi connectivity index (χ0) is 17.6. The summed E-state index contributed by atoms with van der Waals surface area (Å²) < 4.78 is 5.48. The van der Waals surface area contributed by atoms with Crippen LogP contribution in [-0.4, -0.2) is 47.3 Å². The average molecular weight is 333 g/mol. The van der Waals surface area contributed by atoms with E-state index in [-0.39, 0.29) is 6.09 Å². The third kappa shape index (κ3) is 6.48. The summed E-state index contributed by atoms with van der Waals surface area (Å²) in [6.45, 7) is 10.2. The second-order valence-electron chi connectivity index (χ2n) is 7.61. The third-order valence-corrected chi connectivity index (χ3v) is 4.20. The van der Waals surface area contributed by atoms with E-state index in [4.69, 9.17) is 4.74 Å². The summed E-state index contributed by atoms with van der Waals surface area (Å²) in [4.78, 5) is 18.4. The lowest BCUT2D eigenvalue weighted by molar-refractivity contribution is 0.0256. The highest BCUT2D eigenvalue weighted by Gasteiger charge is 2.24. The molecule has 1 aliphatic rings. The molecular weight excluding hydrogens is 302 g/mol. The molecule has 0 spiro atoms. The molecule has 1 aromatic rings. The predicted octanol–water partition coefficient (Wildman–Crippen LogP) is 3.31. The Labute approximate surface area is 145 Å². The van der Waals surface area contributed by atoms with Crippen molar-refractivity contribution in [3.05, 3.63) is 29.6 Å². The molecule has 5 heteroatoms. The number of likely N-dealkylation sites (tertiary alicyclic amines) is 1. The normalized spacial score (nSPS) is 19.0. The van der Waals surface area contributed by atoms with Gasteiger partial charge in [-0.2, -0.15) is 0 Å². The number of nitrogens with zero attached hydrogens (tertiary/aromatic N) is 2. The number of amides is 1. The van der Waals surface area contributed by atoms with E-state index in [2.05, 4.69) is 22.4 Å². The van der Waals surface area contributed by atoms with E-state index in [1.54, 1.807) is 0 Å². The SMILES string of the molecule is Cc1ccc(CCNC2CCCN(C(=O)OC(C)(C)C)CC2)cn1. The monoisotopic (exact) mass is 333 g/mol. The summed E-state index contributed by atoms with van der Waals surface area (Å²) in [6.07, 6.45) is 5.85. The number of pyridine rings is 1. The number of hydrogen-bond acceptors (Lipinski definition) is 4. The van der Waals surface area contributed by atoms with Crippen LogP contribution >= 0.6 is 0 Å². The zero-order valence-corrected chi connectivity index (χ0v) is 15.5. The Kier molecular flexibility index (Phi) is 6.60. The van der Waals surface area contributed by atoms with Crippen LogP contribution in [0.4, 0.5) is 4.79 Å². The van der Waals surface area contributed by atoms with E-state index >= 15 is 0 Å². The van der Waals surface area contributed by atoms with Crippen LogP contribution in [0.25, 0.3) is 0 Å². The van der Waals surface area contributed by atoms with Crippen LogP contribution in [0, 0.1) is 6.92 Å². The van der Waals surface area contributed by atoms with Crippen molar-refractivity contribution in [2.45, 2.75) is 65.0 Å². The van der Waals surface area contributed by atoms with Crippen molar-refractivity contribution in [1.82, 2.24) is 15.2 Å². The fourth-order valence-electron chi connectivity index (χ4n) is 2.88. The van der Waals surface area contributed by atoms with Gasteiger partial charge in [0.15, 0.2) is 0 Å². The first-order chi connectivity index (χ1) is 11.3. The first-order valence-corrected chi connectivity index (χ1v) is 8.96. The number of hydrogen-bond donors (Lipinski definition) is 1. The van der Waals surface area contributed by atoms with E-state index in [0.717, 1.165) is 51.0 Å². The molecule has 0 radical (unpaired) electrons. The summed E-state index contributed by atoms with van der Waals surface area (Å²) in [5, 5.41) is 3.63. The van der Waals surface area contributed by atoms with Crippen LogP contribution in [0.3, 0.4) is 0 Å². The van der Waals surface area contributed by atoms with Crippen LogP contribution in [0.1, 0.15) is 51.3 Å². The summed E-state index contributed by atoms with van der Waals surface area (Å²) in [7, 11) is 0. The second kappa shape index (κ2) is 8.47. The molecule has 1 atom stereocenters. The first kappa shape index (κ1) is 18.7. The standard InChI is InChI=1S/C19H31N3O2/c1-15-7-8-16(14-21-15)9-11-20-17-6-5-12-22(13-10-17)18(23)24-19(2,3)4/h7-8,14,17,20H,5-6,9-13H2,1-4H3. The fourth-order valence-corrected chi connectivity index (χ4v) is 2.88. The molecular formula is C19H31N3O2. The Hall–Kier alpha value is -1.62.